The molecule has 1 N–H and O–H groups in total. The van der Waals surface area contributed by atoms with Gasteiger partial charge in [0, 0.05) is 6.54 Å². The molecule has 0 radical (unpaired) electrons. The van der Waals surface area contributed by atoms with Crippen molar-refractivity contribution in [3.05, 3.63) is 29.8 Å². The topological polar surface area (TPSA) is 46.2 Å². The quantitative estimate of drug-likeness (QED) is 0.891. The molecule has 0 spiro atoms. The minimum atomic E-state index is -3.21. The minimum Gasteiger partial charge on any atom is -0.318 e. The summed E-state index contributed by atoms with van der Waals surface area (Å²) < 4.78 is 24.7. The number of nitrogens with one attached hydrogen (secondary N) is 1. The van der Waals surface area contributed by atoms with Crippen LogP contribution in [0, 0.1) is 6.92 Å². The molecule has 1 aliphatic carbocycles. The normalized spacial score (nSPS) is 18.7. The number of aryl methyl sites for hydroxylation is 1. The zero-order valence-corrected chi connectivity index (χ0v) is 11.2. The molecule has 0 bridgehead atoms. The highest BCUT2D eigenvalue weighted by Gasteiger charge is 2.48. The Hall–Kier alpha value is -0.870. The largest absolute Gasteiger partial charge is 0.318 e. The van der Waals surface area contributed by atoms with Gasteiger partial charge in [-0.3, -0.25) is 0 Å². The zero-order valence-electron chi connectivity index (χ0n) is 10.4. The maximum atomic E-state index is 12.6. The lowest BCUT2D eigenvalue weighted by Gasteiger charge is -2.40. The Morgan fingerprint density at radius 2 is 2.06 bits per heavy atom. The van der Waals surface area contributed by atoms with Gasteiger partial charge in [0.2, 0.25) is 0 Å². The van der Waals surface area contributed by atoms with Crippen molar-refractivity contribution < 1.29 is 8.42 Å². The van der Waals surface area contributed by atoms with Crippen LogP contribution in [0.2, 0.25) is 0 Å². The van der Waals surface area contributed by atoms with Crippen molar-refractivity contribution in [1.82, 2.24) is 5.32 Å². The predicted molar refractivity (Wildman–Crippen MR) is 68.9 cm³/mol. The molecule has 0 aliphatic heterocycles. The summed E-state index contributed by atoms with van der Waals surface area (Å²) in [7, 11) is -1.40. The average molecular weight is 253 g/mol. The lowest BCUT2D eigenvalue weighted by molar-refractivity contribution is 0.328. The number of hydrogen-bond acceptors (Lipinski definition) is 3. The lowest BCUT2D eigenvalue weighted by Crippen LogP contribution is -2.51. The summed E-state index contributed by atoms with van der Waals surface area (Å²) in [6.07, 6.45) is 2.54. The van der Waals surface area contributed by atoms with Crippen LogP contribution in [0.25, 0.3) is 0 Å². The molecule has 0 saturated heterocycles. The average Bonchev–Trinajstić information content (AvgIpc) is 2.23. The predicted octanol–water partition coefficient (Wildman–Crippen LogP) is 1.91. The SMILES string of the molecule is CNCC1(S(=O)(=O)c2cccc(C)c2)CCC1. The van der Waals surface area contributed by atoms with Crippen molar-refractivity contribution in [2.45, 2.75) is 35.8 Å². The Morgan fingerprint density at radius 3 is 2.53 bits per heavy atom. The van der Waals surface area contributed by atoms with Crippen LogP contribution in [0.5, 0.6) is 0 Å². The monoisotopic (exact) mass is 253 g/mol. The fourth-order valence-electron chi connectivity index (χ4n) is 2.47. The van der Waals surface area contributed by atoms with E-state index in [9.17, 15) is 8.42 Å². The number of hydrogen-bond donors (Lipinski definition) is 1. The van der Waals surface area contributed by atoms with E-state index in [-0.39, 0.29) is 0 Å². The molecular weight excluding hydrogens is 234 g/mol. The molecule has 0 unspecified atom stereocenters. The van der Waals surface area contributed by atoms with Gasteiger partial charge in [0.15, 0.2) is 9.84 Å². The van der Waals surface area contributed by atoms with Gasteiger partial charge in [0.05, 0.1) is 9.64 Å². The molecule has 4 heteroatoms. The fraction of sp³-hybridized carbons (Fsp3) is 0.538. The molecule has 0 aromatic heterocycles. The molecule has 2 rings (SSSR count). The van der Waals surface area contributed by atoms with E-state index in [2.05, 4.69) is 5.32 Å². The summed E-state index contributed by atoms with van der Waals surface area (Å²) >= 11 is 0. The molecule has 3 nitrogen and oxygen atoms in total. The Labute approximate surface area is 103 Å². The number of sulfone groups is 1. The van der Waals surface area contributed by atoms with E-state index < -0.39 is 14.6 Å². The maximum absolute atomic E-state index is 12.6. The first-order valence-electron chi connectivity index (χ1n) is 5.98. The molecule has 0 heterocycles. The molecule has 17 heavy (non-hydrogen) atoms. The van der Waals surface area contributed by atoms with Crippen molar-refractivity contribution in [3.63, 3.8) is 0 Å². The van der Waals surface area contributed by atoms with Crippen LogP contribution in [-0.4, -0.2) is 26.8 Å². The van der Waals surface area contributed by atoms with Gasteiger partial charge in [0.1, 0.15) is 0 Å². The first-order chi connectivity index (χ1) is 8.02. The molecular formula is C13H19NO2S. The molecule has 1 fully saturated rings. The Balaban J connectivity index is 2.42. The van der Waals surface area contributed by atoms with Gasteiger partial charge >= 0.3 is 0 Å². The van der Waals surface area contributed by atoms with E-state index in [1.54, 1.807) is 12.1 Å². The standard InChI is InChI=1S/C13H19NO2S/c1-11-5-3-6-12(9-11)17(15,16)13(10-14-2)7-4-8-13/h3,5-6,9,14H,4,7-8,10H2,1-2H3. The Bertz CT molecular complexity index is 504. The summed E-state index contributed by atoms with van der Waals surface area (Å²) in [6.45, 7) is 2.47. The summed E-state index contributed by atoms with van der Waals surface area (Å²) in [4.78, 5) is 0.465. The molecule has 1 aromatic carbocycles. The van der Waals surface area contributed by atoms with Crippen LogP contribution in [0.3, 0.4) is 0 Å². The van der Waals surface area contributed by atoms with Crippen molar-refractivity contribution in [3.8, 4) is 0 Å². The third-order valence-corrected chi connectivity index (χ3v) is 6.20. The van der Waals surface area contributed by atoms with Crippen molar-refractivity contribution in [2.24, 2.45) is 0 Å². The summed E-state index contributed by atoms with van der Waals surface area (Å²) in [5, 5.41) is 3.02. The van der Waals surface area contributed by atoms with E-state index in [1.807, 2.05) is 26.1 Å². The van der Waals surface area contributed by atoms with Crippen LogP contribution in [0.1, 0.15) is 24.8 Å². The van der Waals surface area contributed by atoms with E-state index in [0.717, 1.165) is 24.8 Å². The van der Waals surface area contributed by atoms with Gasteiger partial charge in [-0.05, 0) is 44.5 Å². The molecule has 1 saturated carbocycles. The van der Waals surface area contributed by atoms with Crippen LogP contribution < -0.4 is 5.32 Å². The van der Waals surface area contributed by atoms with Gasteiger partial charge in [-0.2, -0.15) is 0 Å². The highest BCUT2D eigenvalue weighted by molar-refractivity contribution is 7.93. The molecule has 1 aliphatic rings. The second-order valence-electron chi connectivity index (χ2n) is 4.89. The smallest absolute Gasteiger partial charge is 0.185 e. The first kappa shape index (κ1) is 12.6. The van der Waals surface area contributed by atoms with E-state index in [0.29, 0.717) is 11.4 Å². The van der Waals surface area contributed by atoms with Crippen LogP contribution in [0.4, 0.5) is 0 Å². The first-order valence-corrected chi connectivity index (χ1v) is 7.46. The van der Waals surface area contributed by atoms with Crippen LogP contribution in [0.15, 0.2) is 29.2 Å². The maximum Gasteiger partial charge on any atom is 0.185 e. The second kappa shape index (κ2) is 4.42. The Kier molecular flexibility index (Phi) is 3.27. The molecule has 0 amide bonds. The zero-order chi connectivity index (χ0) is 12.5. The molecule has 0 atom stereocenters. The summed E-state index contributed by atoms with van der Waals surface area (Å²) in [6, 6.07) is 7.21. The van der Waals surface area contributed by atoms with Crippen molar-refractivity contribution in [2.75, 3.05) is 13.6 Å². The van der Waals surface area contributed by atoms with E-state index >= 15 is 0 Å². The highest BCUT2D eigenvalue weighted by atomic mass is 32.2. The van der Waals surface area contributed by atoms with Crippen LogP contribution in [-0.2, 0) is 9.84 Å². The van der Waals surface area contributed by atoms with Gasteiger partial charge in [-0.15, -0.1) is 0 Å². The summed E-state index contributed by atoms with van der Waals surface area (Å²) in [5.74, 6) is 0. The van der Waals surface area contributed by atoms with E-state index in [1.165, 1.54) is 0 Å². The minimum absolute atomic E-state index is 0.465. The highest BCUT2D eigenvalue weighted by Crippen LogP contribution is 2.42. The lowest BCUT2D eigenvalue weighted by atomic mass is 9.84. The number of benzene rings is 1. The number of rotatable bonds is 4. The molecule has 1 aromatic rings. The van der Waals surface area contributed by atoms with Crippen molar-refractivity contribution in [1.29, 1.82) is 0 Å². The van der Waals surface area contributed by atoms with Crippen LogP contribution >= 0.6 is 0 Å². The summed E-state index contributed by atoms with van der Waals surface area (Å²) in [5.41, 5.74) is 0.991. The van der Waals surface area contributed by atoms with E-state index in [4.69, 9.17) is 0 Å². The fourth-order valence-corrected chi connectivity index (χ4v) is 4.73. The third kappa shape index (κ3) is 2.00. The second-order valence-corrected chi connectivity index (χ2v) is 7.23. The van der Waals surface area contributed by atoms with Crippen molar-refractivity contribution >= 4 is 9.84 Å². The third-order valence-electron chi connectivity index (χ3n) is 3.63. The Morgan fingerprint density at radius 1 is 1.35 bits per heavy atom. The molecule has 94 valence electrons. The van der Waals surface area contributed by atoms with Gasteiger partial charge in [0.25, 0.3) is 0 Å². The van der Waals surface area contributed by atoms with Gasteiger partial charge < -0.3 is 5.32 Å². The van der Waals surface area contributed by atoms with Gasteiger partial charge in [-0.1, -0.05) is 18.6 Å². The van der Waals surface area contributed by atoms with Gasteiger partial charge in [-0.25, -0.2) is 8.42 Å².